The lowest BCUT2D eigenvalue weighted by Crippen LogP contribution is -2.44. The van der Waals surface area contributed by atoms with E-state index < -0.39 is 0 Å². The van der Waals surface area contributed by atoms with Crippen LogP contribution in [0, 0.1) is 0 Å². The van der Waals surface area contributed by atoms with Crippen molar-refractivity contribution < 1.29 is 0 Å². The van der Waals surface area contributed by atoms with E-state index in [-0.39, 0.29) is 0 Å². The van der Waals surface area contributed by atoms with E-state index in [1.54, 1.807) is 0 Å². The molecule has 0 atom stereocenters. The zero-order chi connectivity index (χ0) is 13.2. The smallest absolute Gasteiger partial charge is 0.155 e. The second kappa shape index (κ2) is 5.79. The predicted octanol–water partition coefficient (Wildman–Crippen LogP) is 2.20. The summed E-state index contributed by atoms with van der Waals surface area (Å²) in [5.74, 6) is 1.03. The summed E-state index contributed by atoms with van der Waals surface area (Å²) in [6.45, 7) is 5.42. The molecule has 3 heterocycles. The summed E-state index contributed by atoms with van der Waals surface area (Å²) < 4.78 is 3.10. The molecule has 0 saturated carbocycles. The number of hydrogen-bond acceptors (Lipinski definition) is 3. The summed E-state index contributed by atoms with van der Waals surface area (Å²) in [6, 6.07) is 4.02. The maximum absolute atomic E-state index is 6.19. The SMILES string of the molecule is Clc1nc(CCN2CCNCC2)n2ccc(Br)cc12. The van der Waals surface area contributed by atoms with Crippen molar-refractivity contribution in [2.75, 3.05) is 32.7 Å². The lowest BCUT2D eigenvalue weighted by molar-refractivity contribution is 0.242. The molecule has 102 valence electrons. The number of piperazine rings is 1. The van der Waals surface area contributed by atoms with Gasteiger partial charge in [-0.25, -0.2) is 4.98 Å². The van der Waals surface area contributed by atoms with Gasteiger partial charge in [-0.1, -0.05) is 27.5 Å². The standard InChI is InChI=1S/C13H16BrClN4/c14-10-1-6-19-11(9-10)13(15)17-12(19)2-5-18-7-3-16-4-8-18/h1,6,9,16H,2-5,7-8H2. The quantitative estimate of drug-likeness (QED) is 0.927. The Hall–Kier alpha value is -0.620. The highest BCUT2D eigenvalue weighted by atomic mass is 79.9. The summed E-state index contributed by atoms with van der Waals surface area (Å²) in [7, 11) is 0. The number of pyridine rings is 1. The Morgan fingerprint density at radius 1 is 1.37 bits per heavy atom. The van der Waals surface area contributed by atoms with Crippen molar-refractivity contribution >= 4 is 33.0 Å². The highest BCUT2D eigenvalue weighted by Gasteiger charge is 2.13. The van der Waals surface area contributed by atoms with E-state index in [0.29, 0.717) is 5.15 Å². The zero-order valence-corrected chi connectivity index (χ0v) is 12.9. The van der Waals surface area contributed by atoms with Crippen LogP contribution in [0.3, 0.4) is 0 Å². The maximum atomic E-state index is 6.19. The minimum Gasteiger partial charge on any atom is -0.314 e. The van der Waals surface area contributed by atoms with E-state index in [1.807, 2.05) is 18.3 Å². The summed E-state index contributed by atoms with van der Waals surface area (Å²) in [6.07, 6.45) is 2.95. The highest BCUT2D eigenvalue weighted by molar-refractivity contribution is 9.10. The lowest BCUT2D eigenvalue weighted by Gasteiger charge is -2.26. The van der Waals surface area contributed by atoms with E-state index in [4.69, 9.17) is 11.6 Å². The van der Waals surface area contributed by atoms with Gasteiger partial charge in [0.15, 0.2) is 5.15 Å². The van der Waals surface area contributed by atoms with Gasteiger partial charge < -0.3 is 14.6 Å². The number of aromatic nitrogens is 2. The molecule has 19 heavy (non-hydrogen) atoms. The molecule has 0 bridgehead atoms. The average Bonchev–Trinajstić information content (AvgIpc) is 2.74. The Morgan fingerprint density at radius 3 is 2.95 bits per heavy atom. The molecule has 1 aliphatic heterocycles. The summed E-state index contributed by atoms with van der Waals surface area (Å²) in [4.78, 5) is 6.94. The van der Waals surface area contributed by atoms with Crippen LogP contribution in [-0.4, -0.2) is 47.0 Å². The van der Waals surface area contributed by atoms with Crippen molar-refractivity contribution in [3.63, 3.8) is 0 Å². The van der Waals surface area contributed by atoms with Crippen molar-refractivity contribution in [1.82, 2.24) is 19.6 Å². The van der Waals surface area contributed by atoms with Crippen molar-refractivity contribution in [2.24, 2.45) is 0 Å². The van der Waals surface area contributed by atoms with Gasteiger partial charge in [-0.2, -0.15) is 0 Å². The van der Waals surface area contributed by atoms with Crippen LogP contribution in [0.25, 0.3) is 5.52 Å². The third-order valence-electron chi connectivity index (χ3n) is 3.49. The fraction of sp³-hybridized carbons (Fsp3) is 0.462. The molecular formula is C13H16BrClN4. The van der Waals surface area contributed by atoms with Crippen LogP contribution in [0.15, 0.2) is 22.8 Å². The minimum atomic E-state index is 0.580. The predicted molar refractivity (Wildman–Crippen MR) is 80.9 cm³/mol. The molecule has 2 aromatic heterocycles. The van der Waals surface area contributed by atoms with E-state index in [1.165, 1.54) is 0 Å². The van der Waals surface area contributed by atoms with Crippen molar-refractivity contribution in [3.05, 3.63) is 33.8 Å². The van der Waals surface area contributed by atoms with Gasteiger partial charge in [-0.05, 0) is 12.1 Å². The van der Waals surface area contributed by atoms with Gasteiger partial charge in [0.2, 0.25) is 0 Å². The molecule has 1 fully saturated rings. The van der Waals surface area contributed by atoms with E-state index >= 15 is 0 Å². The van der Waals surface area contributed by atoms with Crippen molar-refractivity contribution in [3.8, 4) is 0 Å². The van der Waals surface area contributed by atoms with E-state index in [0.717, 1.165) is 55.0 Å². The molecule has 3 rings (SSSR count). The first-order valence-electron chi connectivity index (χ1n) is 6.49. The number of imidazole rings is 1. The largest absolute Gasteiger partial charge is 0.314 e. The third-order valence-corrected chi connectivity index (χ3v) is 4.27. The van der Waals surface area contributed by atoms with Crippen molar-refractivity contribution in [2.45, 2.75) is 6.42 Å². The van der Waals surface area contributed by atoms with Crippen LogP contribution < -0.4 is 5.32 Å². The van der Waals surface area contributed by atoms with E-state index in [2.05, 4.69) is 35.5 Å². The van der Waals surface area contributed by atoms with Crippen LogP contribution in [0.5, 0.6) is 0 Å². The van der Waals surface area contributed by atoms with Gasteiger partial charge in [0.05, 0.1) is 5.52 Å². The molecule has 0 radical (unpaired) electrons. The molecule has 0 amide bonds. The van der Waals surface area contributed by atoms with Crippen LogP contribution >= 0.6 is 27.5 Å². The normalized spacial score (nSPS) is 17.2. The Kier molecular flexibility index (Phi) is 4.07. The number of nitrogens with one attached hydrogen (secondary N) is 1. The summed E-state index contributed by atoms with van der Waals surface area (Å²) in [5.41, 5.74) is 0.964. The van der Waals surface area contributed by atoms with Crippen molar-refractivity contribution in [1.29, 1.82) is 0 Å². The molecule has 1 N–H and O–H groups in total. The van der Waals surface area contributed by atoms with Gasteiger partial charge in [-0.3, -0.25) is 0 Å². The second-order valence-corrected chi connectivity index (χ2v) is 6.03. The molecular weight excluding hydrogens is 328 g/mol. The number of fused-ring (bicyclic) bond motifs is 1. The molecule has 1 saturated heterocycles. The monoisotopic (exact) mass is 342 g/mol. The Balaban J connectivity index is 1.77. The molecule has 1 aliphatic rings. The average molecular weight is 344 g/mol. The molecule has 0 aromatic carbocycles. The third kappa shape index (κ3) is 2.94. The first kappa shape index (κ1) is 13.4. The molecule has 6 heteroatoms. The van der Waals surface area contributed by atoms with Crippen LogP contribution in [0.4, 0.5) is 0 Å². The van der Waals surface area contributed by atoms with Crippen LogP contribution in [0.2, 0.25) is 5.15 Å². The fourth-order valence-electron chi connectivity index (χ4n) is 2.45. The Morgan fingerprint density at radius 2 is 2.16 bits per heavy atom. The first-order chi connectivity index (χ1) is 9.24. The van der Waals surface area contributed by atoms with E-state index in [9.17, 15) is 0 Å². The molecule has 0 spiro atoms. The first-order valence-corrected chi connectivity index (χ1v) is 7.66. The molecule has 2 aromatic rings. The fourth-order valence-corrected chi connectivity index (χ4v) is 3.03. The lowest BCUT2D eigenvalue weighted by atomic mass is 10.3. The number of rotatable bonds is 3. The summed E-state index contributed by atoms with van der Waals surface area (Å²) >= 11 is 9.66. The van der Waals surface area contributed by atoms with Crippen LogP contribution in [-0.2, 0) is 6.42 Å². The molecule has 4 nitrogen and oxygen atoms in total. The second-order valence-electron chi connectivity index (χ2n) is 4.76. The summed E-state index contributed by atoms with van der Waals surface area (Å²) in [5, 5.41) is 3.94. The molecule has 0 unspecified atom stereocenters. The van der Waals surface area contributed by atoms with Gasteiger partial charge in [0, 0.05) is 49.8 Å². The molecule has 0 aliphatic carbocycles. The van der Waals surface area contributed by atoms with Gasteiger partial charge >= 0.3 is 0 Å². The van der Waals surface area contributed by atoms with Gasteiger partial charge in [0.25, 0.3) is 0 Å². The zero-order valence-electron chi connectivity index (χ0n) is 10.6. The number of halogens is 2. The Bertz CT molecular complexity index is 577. The minimum absolute atomic E-state index is 0.580. The topological polar surface area (TPSA) is 32.6 Å². The van der Waals surface area contributed by atoms with Gasteiger partial charge in [0.1, 0.15) is 5.82 Å². The highest BCUT2D eigenvalue weighted by Crippen LogP contribution is 2.22. The van der Waals surface area contributed by atoms with Gasteiger partial charge in [-0.15, -0.1) is 0 Å². The maximum Gasteiger partial charge on any atom is 0.155 e. The van der Waals surface area contributed by atoms with Crippen LogP contribution in [0.1, 0.15) is 5.82 Å². The number of hydrogen-bond donors (Lipinski definition) is 1. The number of nitrogens with zero attached hydrogens (tertiary/aromatic N) is 3. The Labute approximate surface area is 125 Å².